The van der Waals surface area contributed by atoms with Crippen molar-refractivity contribution in [3.63, 3.8) is 0 Å². The largest absolute Gasteiger partial charge is 0.481 e. The van der Waals surface area contributed by atoms with Gasteiger partial charge in [0, 0.05) is 75.2 Å². The Morgan fingerprint density at radius 3 is 2.35 bits per heavy atom. The van der Waals surface area contributed by atoms with Crippen LogP contribution >= 0.6 is 23.2 Å². The van der Waals surface area contributed by atoms with Crippen LogP contribution in [0.1, 0.15) is 24.8 Å². The Balaban J connectivity index is 1.28. The Morgan fingerprint density at radius 2 is 1.70 bits per heavy atom. The average Bonchev–Trinajstić information content (AvgIpc) is 3.58. The highest BCUT2D eigenvalue weighted by atomic mass is 35.5. The fourth-order valence-corrected chi connectivity index (χ4v) is 7.18. The summed E-state index contributed by atoms with van der Waals surface area (Å²) in [5.74, 6) is -0.667. The summed E-state index contributed by atoms with van der Waals surface area (Å²) < 4.78 is 22.7. The van der Waals surface area contributed by atoms with Crippen molar-refractivity contribution < 1.29 is 23.8 Å². The molecule has 0 radical (unpaired) electrons. The summed E-state index contributed by atoms with van der Waals surface area (Å²) in [6.07, 6.45) is 2.85. The van der Waals surface area contributed by atoms with Crippen molar-refractivity contribution in [3.05, 3.63) is 98.8 Å². The first kappa shape index (κ1) is 38.6. The lowest BCUT2D eigenvalue weighted by atomic mass is 9.97. The zero-order valence-electron chi connectivity index (χ0n) is 30.4. The van der Waals surface area contributed by atoms with Crippen LogP contribution in [0.25, 0.3) is 39.2 Å². The molecule has 2 aromatic carbocycles. The minimum absolute atomic E-state index is 0.0390. The number of pyridine rings is 2. The highest BCUT2D eigenvalue weighted by molar-refractivity contribution is 6.39. The Kier molecular flexibility index (Phi) is 11.5. The summed E-state index contributed by atoms with van der Waals surface area (Å²) >= 11 is 14.1. The Morgan fingerprint density at radius 1 is 1.04 bits per heavy atom. The molecule has 0 aliphatic carbocycles. The van der Waals surface area contributed by atoms with Gasteiger partial charge in [-0.3, -0.25) is 23.7 Å². The van der Waals surface area contributed by atoms with Crippen LogP contribution in [0.5, 0.6) is 5.88 Å². The number of carbonyl (C=O) groups excluding carboxylic acids is 2. The average molecular weight is 777 g/mol. The minimum atomic E-state index is -0.970. The third-order valence-corrected chi connectivity index (χ3v) is 10.3. The van der Waals surface area contributed by atoms with Gasteiger partial charge in [-0.2, -0.15) is 0 Å². The molecule has 0 bridgehead atoms. The fourth-order valence-electron chi connectivity index (χ4n) is 6.51. The molecule has 1 aliphatic rings. The Bertz CT molecular complexity index is 2300. The second kappa shape index (κ2) is 16.1. The van der Waals surface area contributed by atoms with Crippen molar-refractivity contribution in [3.8, 4) is 39.4 Å². The SMILES string of the molecule is COc1nc(-c2cccc(-c3cccc(-c4ccn5c(=O)c(N(C)C[C@@H](O)CC(=O)N(C)C)cnc5c4)c3Cl)c2Cl)cc(F)c1CN(C)[C@H]1CCC(=O)N1. The fraction of sp³-hybridized carbons (Fsp3) is 0.308. The summed E-state index contributed by atoms with van der Waals surface area (Å²) in [4.78, 5) is 51.1. The molecule has 1 fully saturated rings. The topological polar surface area (TPSA) is 133 Å². The zero-order valence-corrected chi connectivity index (χ0v) is 32.0. The maximum atomic E-state index is 15.7. The van der Waals surface area contributed by atoms with Gasteiger partial charge in [-0.05, 0) is 31.2 Å². The van der Waals surface area contributed by atoms with Gasteiger partial charge in [-0.15, -0.1) is 0 Å². The van der Waals surface area contributed by atoms with Crippen molar-refractivity contribution in [2.45, 2.75) is 38.1 Å². The third-order valence-electron chi connectivity index (χ3n) is 9.51. The molecule has 0 saturated carbocycles. The zero-order chi connectivity index (χ0) is 38.8. The van der Waals surface area contributed by atoms with Crippen molar-refractivity contribution in [2.24, 2.45) is 0 Å². The van der Waals surface area contributed by atoms with Crippen molar-refractivity contribution in [2.75, 3.05) is 46.7 Å². The molecule has 12 nitrogen and oxygen atoms in total. The summed E-state index contributed by atoms with van der Waals surface area (Å²) in [7, 11) is 8.12. The predicted molar refractivity (Wildman–Crippen MR) is 207 cm³/mol. The normalized spacial score (nSPS) is 14.7. The number of benzene rings is 2. The number of halogens is 3. The number of ether oxygens (including phenoxy) is 1. The molecule has 15 heteroatoms. The molecule has 5 aromatic rings. The van der Waals surface area contributed by atoms with Gasteiger partial charge in [0.15, 0.2) is 0 Å². The number of likely N-dealkylation sites (N-methyl/N-ethyl adjacent to an activating group) is 1. The number of carbonyl (C=O) groups is 2. The number of fused-ring (bicyclic) bond motifs is 1. The third kappa shape index (κ3) is 7.90. The maximum Gasteiger partial charge on any atom is 0.281 e. The predicted octanol–water partition coefficient (Wildman–Crippen LogP) is 5.49. The lowest BCUT2D eigenvalue weighted by Crippen LogP contribution is -2.40. The number of hydrogen-bond donors (Lipinski definition) is 2. The molecular weight excluding hydrogens is 736 g/mol. The molecule has 54 heavy (non-hydrogen) atoms. The first-order chi connectivity index (χ1) is 25.8. The monoisotopic (exact) mass is 775 g/mol. The van der Waals surface area contributed by atoms with Gasteiger partial charge in [0.05, 0.1) is 53.3 Å². The van der Waals surface area contributed by atoms with Crippen LogP contribution in [0.3, 0.4) is 0 Å². The molecular formula is C39H40Cl2FN7O5. The van der Waals surface area contributed by atoms with Gasteiger partial charge in [0.1, 0.15) is 17.2 Å². The first-order valence-electron chi connectivity index (χ1n) is 17.2. The van der Waals surface area contributed by atoms with Gasteiger partial charge in [0.25, 0.3) is 5.56 Å². The number of aliphatic hydroxyl groups is 1. The van der Waals surface area contributed by atoms with Crippen molar-refractivity contribution in [1.82, 2.24) is 29.5 Å². The van der Waals surface area contributed by atoms with E-state index >= 15 is 4.39 Å². The smallest absolute Gasteiger partial charge is 0.281 e. The van der Waals surface area contributed by atoms with Crippen LogP contribution in [-0.2, 0) is 16.1 Å². The molecule has 2 N–H and O–H groups in total. The van der Waals surface area contributed by atoms with E-state index in [0.717, 1.165) is 0 Å². The van der Waals surface area contributed by atoms with E-state index in [1.807, 2.05) is 29.2 Å². The molecule has 0 unspecified atom stereocenters. The van der Waals surface area contributed by atoms with Gasteiger partial charge < -0.3 is 25.0 Å². The molecule has 6 rings (SSSR count). The number of anilines is 1. The molecule has 282 valence electrons. The lowest BCUT2D eigenvalue weighted by molar-refractivity contribution is -0.130. The molecule has 4 heterocycles. The number of methoxy groups -OCH3 is 1. The second-order valence-electron chi connectivity index (χ2n) is 13.5. The standard InChI is InChI=1S/C39H40Cl2FN7O5/c1-46(2)35(52)17-23(50)20-47(3)31-19-43-33-16-22(14-15-49(33)39(31)53)24-8-6-9-25(36(24)40)26-10-7-11-27(37(26)41)30-18-29(42)28(38(44-30)54-5)21-48(4)32-12-13-34(51)45-32/h6-11,14-16,18-19,23,32,50H,12-13,17,20-21H2,1-5H3,(H,45,51)/t23-,32-/m0/s1. The number of hydrogen-bond acceptors (Lipinski definition) is 9. The van der Waals surface area contributed by atoms with Crippen LogP contribution in [0.2, 0.25) is 10.0 Å². The van der Waals surface area contributed by atoms with Crippen LogP contribution in [-0.4, -0.2) is 95.2 Å². The van der Waals surface area contributed by atoms with Gasteiger partial charge >= 0.3 is 0 Å². The maximum absolute atomic E-state index is 15.7. The van der Waals surface area contributed by atoms with E-state index < -0.39 is 11.9 Å². The first-order valence-corrected chi connectivity index (χ1v) is 17.9. The van der Waals surface area contributed by atoms with Crippen LogP contribution in [0.15, 0.2) is 71.8 Å². The van der Waals surface area contributed by atoms with Crippen molar-refractivity contribution >= 4 is 46.4 Å². The summed E-state index contributed by atoms with van der Waals surface area (Å²) in [6, 6.07) is 15.7. The van der Waals surface area contributed by atoms with Crippen LogP contribution in [0, 0.1) is 5.82 Å². The summed E-state index contributed by atoms with van der Waals surface area (Å²) in [5.41, 5.74) is 3.90. The van der Waals surface area contributed by atoms with E-state index in [9.17, 15) is 19.5 Å². The number of aliphatic hydroxyl groups excluding tert-OH is 1. The minimum Gasteiger partial charge on any atom is -0.481 e. The quantitative estimate of drug-likeness (QED) is 0.169. The lowest BCUT2D eigenvalue weighted by Gasteiger charge is -2.25. The van der Waals surface area contributed by atoms with Gasteiger partial charge in [-0.1, -0.05) is 59.6 Å². The molecule has 2 atom stereocenters. The number of nitrogens with zero attached hydrogens (tertiary/aromatic N) is 6. The molecule has 2 amide bonds. The van der Waals surface area contributed by atoms with E-state index in [-0.39, 0.29) is 65.9 Å². The molecule has 1 aliphatic heterocycles. The van der Waals surface area contributed by atoms with Gasteiger partial charge in [-0.25, -0.2) is 14.4 Å². The van der Waals surface area contributed by atoms with E-state index in [2.05, 4.69) is 15.3 Å². The molecule has 0 spiro atoms. The summed E-state index contributed by atoms with van der Waals surface area (Å²) in [5, 5.41) is 14.0. The number of amides is 2. The van der Waals surface area contributed by atoms with Crippen LogP contribution in [0.4, 0.5) is 10.1 Å². The number of rotatable bonds is 12. The number of nitrogens with one attached hydrogen (secondary N) is 1. The van der Waals surface area contributed by atoms with E-state index in [4.69, 9.17) is 27.9 Å². The Labute approximate surface area is 321 Å². The van der Waals surface area contributed by atoms with Crippen LogP contribution < -0.4 is 20.5 Å². The second-order valence-corrected chi connectivity index (χ2v) is 14.2. The van der Waals surface area contributed by atoms with Crippen molar-refractivity contribution in [1.29, 1.82) is 0 Å². The van der Waals surface area contributed by atoms with E-state index in [1.165, 1.54) is 28.7 Å². The van der Waals surface area contributed by atoms with Gasteiger partial charge in [0.2, 0.25) is 17.7 Å². The molecule has 3 aromatic heterocycles. The van der Waals surface area contributed by atoms with E-state index in [0.29, 0.717) is 56.4 Å². The Hall–Kier alpha value is -5.08. The highest BCUT2D eigenvalue weighted by Gasteiger charge is 2.27. The molecule has 1 saturated heterocycles. The van der Waals surface area contributed by atoms with E-state index in [1.54, 1.807) is 63.6 Å². The number of aromatic nitrogens is 3. The summed E-state index contributed by atoms with van der Waals surface area (Å²) in [6.45, 7) is 0.238. The highest BCUT2D eigenvalue weighted by Crippen LogP contribution is 2.42.